The Labute approximate surface area is 276 Å². The SMILES string of the molecule is C=CCNC(=O)C(=O)C(CCC)NC(=O)[C@@H]1[C@@H]2[C@H](CN1C[C@@H](NC(=O)N[C@H](C(=O)N(C)CC1CC1)C(C)(C)C)C(C)(C)C)C2(C)C. The zero-order valence-corrected chi connectivity index (χ0v) is 29.9. The number of hydrogen-bond donors (Lipinski definition) is 4. The third-order valence-electron chi connectivity index (χ3n) is 10.2. The summed E-state index contributed by atoms with van der Waals surface area (Å²) >= 11 is 0. The van der Waals surface area contributed by atoms with Crippen molar-refractivity contribution >= 4 is 29.5 Å². The normalized spacial score (nSPS) is 24.1. The molecule has 1 unspecified atom stereocenters. The zero-order valence-electron chi connectivity index (χ0n) is 29.9. The fraction of sp³-hybridized carbons (Fsp3) is 0.800. The van der Waals surface area contributed by atoms with Crippen molar-refractivity contribution in [1.82, 2.24) is 31.1 Å². The van der Waals surface area contributed by atoms with Gasteiger partial charge in [0.25, 0.3) is 5.91 Å². The molecule has 0 aromatic rings. The van der Waals surface area contributed by atoms with Gasteiger partial charge in [-0.1, -0.05) is 74.8 Å². The molecule has 5 amide bonds. The van der Waals surface area contributed by atoms with Crippen LogP contribution in [-0.2, 0) is 19.2 Å². The molecular weight excluding hydrogens is 584 g/mol. The van der Waals surface area contributed by atoms with E-state index < -0.39 is 41.3 Å². The van der Waals surface area contributed by atoms with Crippen LogP contribution in [0, 0.1) is 34.0 Å². The Morgan fingerprint density at radius 2 is 1.63 bits per heavy atom. The van der Waals surface area contributed by atoms with Gasteiger partial charge in [-0.25, -0.2) is 4.79 Å². The van der Waals surface area contributed by atoms with Crippen LogP contribution in [0.25, 0.3) is 0 Å². The van der Waals surface area contributed by atoms with Crippen LogP contribution in [0.3, 0.4) is 0 Å². The molecule has 0 spiro atoms. The van der Waals surface area contributed by atoms with Gasteiger partial charge in [0.15, 0.2) is 0 Å². The first kappa shape index (κ1) is 37.5. The van der Waals surface area contributed by atoms with Crippen molar-refractivity contribution in [3.05, 3.63) is 12.7 Å². The van der Waals surface area contributed by atoms with Crippen LogP contribution >= 0.6 is 0 Å². The molecule has 1 heterocycles. The van der Waals surface area contributed by atoms with Gasteiger partial charge >= 0.3 is 6.03 Å². The second kappa shape index (κ2) is 14.4. The summed E-state index contributed by atoms with van der Waals surface area (Å²) in [7, 11) is 1.80. The van der Waals surface area contributed by atoms with Crippen molar-refractivity contribution in [2.75, 3.05) is 33.2 Å². The number of carbonyl (C=O) groups excluding carboxylic acids is 5. The molecule has 3 fully saturated rings. The van der Waals surface area contributed by atoms with E-state index in [1.54, 1.807) is 11.9 Å². The Bertz CT molecular complexity index is 1170. The zero-order chi connectivity index (χ0) is 34.8. The first-order valence-electron chi connectivity index (χ1n) is 17.0. The quantitative estimate of drug-likeness (QED) is 0.160. The van der Waals surface area contributed by atoms with Crippen LogP contribution in [0.1, 0.15) is 88.0 Å². The molecule has 3 rings (SSSR count). The minimum Gasteiger partial charge on any atom is -0.346 e. The lowest BCUT2D eigenvalue weighted by Gasteiger charge is -2.39. The molecule has 0 radical (unpaired) electrons. The standard InChI is InChI=1S/C35H60N6O5/c1-12-14-23(27(42)30(44)36-17-13-2)37-29(43)26-25-22(35(25,9)10)19-41(26)20-24(33(3,4)5)38-32(46)39-28(34(6,7)8)31(45)40(11)18-21-15-16-21/h13,21-26,28H,2,12,14-20H2,1,3-11H3,(H,36,44)(H,37,43)(H2,38,39,46)/t22-,23?,24+,25-,26-,28+/m0/s1. The molecule has 46 heavy (non-hydrogen) atoms. The number of likely N-dealkylation sites (tertiary alicyclic amines) is 1. The van der Waals surface area contributed by atoms with Gasteiger partial charge in [0.1, 0.15) is 6.04 Å². The van der Waals surface area contributed by atoms with E-state index in [0.717, 1.165) is 12.8 Å². The Morgan fingerprint density at radius 1 is 1.00 bits per heavy atom. The molecule has 11 heteroatoms. The van der Waals surface area contributed by atoms with Gasteiger partial charge in [0, 0.05) is 39.3 Å². The van der Waals surface area contributed by atoms with Crippen molar-refractivity contribution < 1.29 is 24.0 Å². The second-order valence-electron chi connectivity index (χ2n) is 16.6. The molecule has 11 nitrogen and oxygen atoms in total. The van der Waals surface area contributed by atoms with E-state index in [1.807, 2.05) is 48.5 Å². The topological polar surface area (TPSA) is 140 Å². The lowest BCUT2D eigenvalue weighted by Crippen LogP contribution is -2.61. The Balaban J connectivity index is 1.75. The van der Waals surface area contributed by atoms with E-state index in [0.29, 0.717) is 44.3 Å². The molecule has 2 saturated carbocycles. The van der Waals surface area contributed by atoms with E-state index in [-0.39, 0.29) is 41.1 Å². The number of Topliss-reactive ketones (excluding diaryl/α,β-unsaturated/α-hetero) is 1. The molecule has 6 atom stereocenters. The molecule has 0 aromatic carbocycles. The number of carbonyl (C=O) groups is 5. The van der Waals surface area contributed by atoms with Crippen molar-refractivity contribution in [1.29, 1.82) is 0 Å². The number of hydrogen-bond acceptors (Lipinski definition) is 6. The van der Waals surface area contributed by atoms with Crippen LogP contribution in [0.5, 0.6) is 0 Å². The number of rotatable bonds is 15. The minimum absolute atomic E-state index is 0.0288. The molecule has 4 N–H and O–H groups in total. The van der Waals surface area contributed by atoms with E-state index >= 15 is 0 Å². The molecule has 0 aromatic heterocycles. The van der Waals surface area contributed by atoms with Crippen LogP contribution < -0.4 is 21.3 Å². The molecule has 1 saturated heterocycles. The highest BCUT2D eigenvalue weighted by Crippen LogP contribution is 2.64. The molecule has 3 aliphatic rings. The fourth-order valence-electron chi connectivity index (χ4n) is 6.85. The highest BCUT2D eigenvalue weighted by Gasteiger charge is 2.68. The average Bonchev–Trinajstić information content (AvgIpc) is 3.80. The van der Waals surface area contributed by atoms with Crippen molar-refractivity contribution in [3.8, 4) is 0 Å². The maximum absolute atomic E-state index is 13.9. The Kier molecular flexibility index (Phi) is 11.8. The predicted molar refractivity (Wildman–Crippen MR) is 180 cm³/mol. The third kappa shape index (κ3) is 9.10. The first-order valence-corrected chi connectivity index (χ1v) is 17.0. The van der Waals surface area contributed by atoms with Crippen LogP contribution in [0.2, 0.25) is 0 Å². The molecule has 0 bridgehead atoms. The second-order valence-corrected chi connectivity index (χ2v) is 16.6. The van der Waals surface area contributed by atoms with Gasteiger partial charge in [-0.15, -0.1) is 6.58 Å². The van der Waals surface area contributed by atoms with E-state index in [1.165, 1.54) is 6.08 Å². The first-order chi connectivity index (χ1) is 21.2. The van der Waals surface area contributed by atoms with Crippen LogP contribution in [0.15, 0.2) is 12.7 Å². The summed E-state index contributed by atoms with van der Waals surface area (Å²) in [5, 5.41) is 11.6. The van der Waals surface area contributed by atoms with Crippen molar-refractivity contribution in [2.45, 2.75) is 112 Å². The number of amides is 5. The maximum Gasteiger partial charge on any atom is 0.315 e. The van der Waals surface area contributed by atoms with E-state index in [2.05, 4.69) is 46.6 Å². The molecule has 260 valence electrons. The number of nitrogens with one attached hydrogen (secondary N) is 4. The highest BCUT2D eigenvalue weighted by atomic mass is 16.2. The van der Waals surface area contributed by atoms with Gasteiger partial charge in [-0.3, -0.25) is 24.1 Å². The molecular formula is C35H60N6O5. The van der Waals surface area contributed by atoms with Gasteiger partial charge in [0.2, 0.25) is 17.6 Å². The van der Waals surface area contributed by atoms with Gasteiger partial charge in [0.05, 0.1) is 12.1 Å². The fourth-order valence-corrected chi connectivity index (χ4v) is 6.85. The van der Waals surface area contributed by atoms with Crippen molar-refractivity contribution in [2.24, 2.45) is 34.0 Å². The summed E-state index contributed by atoms with van der Waals surface area (Å²) in [5.41, 5.74) is -0.892. The summed E-state index contributed by atoms with van der Waals surface area (Å²) in [4.78, 5) is 70.2. The smallest absolute Gasteiger partial charge is 0.315 e. The lowest BCUT2D eigenvalue weighted by molar-refractivity contribution is -0.140. The number of ketones is 1. The summed E-state index contributed by atoms with van der Waals surface area (Å²) in [6.07, 6.45) is 4.74. The summed E-state index contributed by atoms with van der Waals surface area (Å²) < 4.78 is 0. The van der Waals surface area contributed by atoms with Gasteiger partial charge in [-0.05, 0) is 53.3 Å². The Hall–Kier alpha value is -2.95. The summed E-state index contributed by atoms with van der Waals surface area (Å²) in [6.45, 7) is 23.7. The summed E-state index contributed by atoms with van der Waals surface area (Å²) in [5.74, 6) is -0.826. The number of piperidine rings is 1. The van der Waals surface area contributed by atoms with Gasteiger partial charge < -0.3 is 26.2 Å². The van der Waals surface area contributed by atoms with Crippen LogP contribution in [0.4, 0.5) is 4.79 Å². The average molecular weight is 645 g/mol. The van der Waals surface area contributed by atoms with Gasteiger partial charge in [-0.2, -0.15) is 0 Å². The Morgan fingerprint density at radius 3 is 2.15 bits per heavy atom. The number of urea groups is 1. The number of fused-ring (bicyclic) bond motifs is 1. The highest BCUT2D eigenvalue weighted by molar-refractivity contribution is 6.38. The monoisotopic (exact) mass is 644 g/mol. The molecule has 2 aliphatic carbocycles. The minimum atomic E-state index is -0.919. The van der Waals surface area contributed by atoms with E-state index in [4.69, 9.17) is 0 Å². The lowest BCUT2D eigenvalue weighted by atomic mass is 9.85. The third-order valence-corrected chi connectivity index (χ3v) is 10.2. The van der Waals surface area contributed by atoms with Crippen molar-refractivity contribution in [3.63, 3.8) is 0 Å². The molecule has 1 aliphatic heterocycles. The summed E-state index contributed by atoms with van der Waals surface area (Å²) in [6, 6.07) is -2.89. The maximum atomic E-state index is 13.9. The number of likely N-dealkylation sites (N-methyl/N-ethyl adjacent to an activating group) is 1. The predicted octanol–water partition coefficient (Wildman–Crippen LogP) is 3.10. The largest absolute Gasteiger partial charge is 0.346 e. The van der Waals surface area contributed by atoms with Crippen LogP contribution in [-0.4, -0.2) is 96.7 Å². The number of nitrogens with zero attached hydrogens (tertiary/aromatic N) is 2. The van der Waals surface area contributed by atoms with E-state index in [9.17, 15) is 24.0 Å².